The lowest BCUT2D eigenvalue weighted by atomic mass is 9.74. The van der Waals surface area contributed by atoms with Crippen molar-refractivity contribution in [2.45, 2.75) is 36.0 Å². The van der Waals surface area contributed by atoms with Gasteiger partial charge in [0.1, 0.15) is 0 Å². The molecule has 1 saturated carbocycles. The molecule has 0 N–H and O–H groups in total. The molecule has 0 saturated heterocycles. The van der Waals surface area contributed by atoms with Crippen molar-refractivity contribution in [2.75, 3.05) is 0 Å². The molecule has 0 unspecified atom stereocenters. The Morgan fingerprint density at radius 3 is 1.41 bits per heavy atom. The van der Waals surface area contributed by atoms with Crippen LogP contribution in [0.5, 0.6) is 0 Å². The van der Waals surface area contributed by atoms with Gasteiger partial charge in [0.25, 0.3) is 5.41 Å². The van der Waals surface area contributed by atoms with Crippen molar-refractivity contribution in [2.24, 2.45) is 5.41 Å². The minimum atomic E-state index is -7.45. The Morgan fingerprint density at radius 1 is 0.719 bits per heavy atom. The molecule has 0 aliphatic heterocycles. The summed E-state index contributed by atoms with van der Waals surface area (Å²) >= 11 is 0. The van der Waals surface area contributed by atoms with Crippen molar-refractivity contribution in [3.05, 3.63) is 41.5 Å². The Labute approximate surface area is 167 Å². The van der Waals surface area contributed by atoms with Gasteiger partial charge in [-0.25, -0.2) is 0 Å². The van der Waals surface area contributed by atoms with Crippen LogP contribution < -0.4 is 5.11 Å². The van der Waals surface area contributed by atoms with E-state index in [1.54, 1.807) is 0 Å². The summed E-state index contributed by atoms with van der Waals surface area (Å²) in [4.78, 5) is 11.8. The molecular formula is C16H5F14O2-. The normalized spacial score (nSPS) is 23.8. The van der Waals surface area contributed by atoms with Crippen LogP contribution in [0.25, 0.3) is 5.76 Å². The van der Waals surface area contributed by atoms with Gasteiger partial charge in [0.2, 0.25) is 0 Å². The third-order valence-electron chi connectivity index (χ3n) is 4.68. The number of alkyl halides is 14. The van der Waals surface area contributed by atoms with Crippen LogP contribution >= 0.6 is 0 Å². The highest BCUT2D eigenvalue weighted by Crippen LogP contribution is 2.75. The molecule has 0 amide bonds. The van der Waals surface area contributed by atoms with E-state index in [2.05, 4.69) is 0 Å². The third-order valence-corrected chi connectivity index (χ3v) is 4.68. The molecule has 0 bridgehead atoms. The maximum Gasteiger partial charge on any atom is 0.416 e. The van der Waals surface area contributed by atoms with Crippen molar-refractivity contribution >= 4 is 11.5 Å². The summed E-state index contributed by atoms with van der Waals surface area (Å²) in [6, 6.07) is 0.602. The van der Waals surface area contributed by atoms with Crippen LogP contribution in [0, 0.1) is 5.41 Å². The number of benzene rings is 1. The maximum atomic E-state index is 13.9. The van der Waals surface area contributed by atoms with Crippen LogP contribution in [0.15, 0.2) is 30.3 Å². The second kappa shape index (κ2) is 6.73. The first kappa shape index (κ1) is 25.7. The summed E-state index contributed by atoms with van der Waals surface area (Å²) in [5.41, 5.74) is -9.67. The quantitative estimate of drug-likeness (QED) is 0.334. The van der Waals surface area contributed by atoms with E-state index in [4.69, 9.17) is 0 Å². The molecule has 1 aromatic carbocycles. The second-order valence-corrected chi connectivity index (χ2v) is 6.49. The molecule has 2 nitrogen and oxygen atoms in total. The maximum absolute atomic E-state index is 13.9. The van der Waals surface area contributed by atoms with Gasteiger partial charge in [0, 0.05) is 0 Å². The minimum absolute atomic E-state index is 0.117. The highest BCUT2D eigenvalue weighted by Gasteiger charge is 3.06. The van der Waals surface area contributed by atoms with Gasteiger partial charge in [-0.1, -0.05) is 17.9 Å². The molecule has 32 heavy (non-hydrogen) atoms. The minimum Gasteiger partial charge on any atom is -0.872 e. The van der Waals surface area contributed by atoms with Gasteiger partial charge < -0.3 is 5.11 Å². The predicted molar refractivity (Wildman–Crippen MR) is 72.7 cm³/mol. The van der Waals surface area contributed by atoms with E-state index in [0.717, 1.165) is 0 Å². The van der Waals surface area contributed by atoms with E-state index in [0.29, 0.717) is 0 Å². The molecular weight excluding hydrogens is 490 g/mol. The number of ketones is 1. The first-order valence-electron chi connectivity index (χ1n) is 7.70. The molecule has 1 aliphatic rings. The zero-order valence-corrected chi connectivity index (χ0v) is 14.5. The van der Waals surface area contributed by atoms with Crippen molar-refractivity contribution in [3.8, 4) is 0 Å². The second-order valence-electron chi connectivity index (χ2n) is 6.49. The number of rotatable bonds is 3. The van der Waals surface area contributed by atoms with E-state index < -0.39 is 70.2 Å². The molecule has 1 aromatic rings. The van der Waals surface area contributed by atoms with Gasteiger partial charge in [-0.15, -0.1) is 0 Å². The predicted octanol–water partition coefficient (Wildman–Crippen LogP) is 5.08. The molecule has 0 heterocycles. The van der Waals surface area contributed by atoms with E-state index >= 15 is 0 Å². The van der Waals surface area contributed by atoms with Crippen molar-refractivity contribution in [1.29, 1.82) is 0 Å². The van der Waals surface area contributed by atoms with Crippen LogP contribution in [-0.4, -0.2) is 35.6 Å². The average molecular weight is 495 g/mol. The molecule has 0 atom stereocenters. The summed E-state index contributed by atoms with van der Waals surface area (Å²) in [6.45, 7) is 0. The van der Waals surface area contributed by atoms with Crippen LogP contribution in [-0.2, 0) is 11.0 Å². The topological polar surface area (TPSA) is 40.1 Å². The summed E-state index contributed by atoms with van der Waals surface area (Å²) in [6.07, 6.45) is -13.7. The van der Waals surface area contributed by atoms with Gasteiger partial charge in [-0.05, 0) is 23.8 Å². The highest BCUT2D eigenvalue weighted by atomic mass is 19.4. The first-order valence-corrected chi connectivity index (χ1v) is 7.70. The Hall–Kier alpha value is -2.55. The zero-order chi connectivity index (χ0) is 25.3. The molecule has 0 spiro atoms. The van der Waals surface area contributed by atoms with E-state index in [1.807, 2.05) is 0 Å². The molecule has 0 radical (unpaired) electrons. The Kier molecular flexibility index (Phi) is 5.40. The van der Waals surface area contributed by atoms with Crippen LogP contribution in [0.2, 0.25) is 0 Å². The fourth-order valence-electron chi connectivity index (χ4n) is 3.00. The average Bonchev–Trinajstić information content (AvgIpc) is 2.65. The molecule has 2 rings (SSSR count). The molecule has 16 heteroatoms. The summed E-state index contributed by atoms with van der Waals surface area (Å²) in [5, 5.41) is 11.8. The largest absolute Gasteiger partial charge is 0.872 e. The van der Waals surface area contributed by atoms with E-state index in [-0.39, 0.29) is 24.3 Å². The number of halogens is 14. The number of carbonyl (C=O) groups is 1. The first-order chi connectivity index (χ1) is 14.0. The number of carbonyl (C=O) groups excluding carboxylic acids is 1. The van der Waals surface area contributed by atoms with Crippen molar-refractivity contribution < 1.29 is 71.4 Å². The van der Waals surface area contributed by atoms with Gasteiger partial charge in [-0.3, -0.25) is 4.79 Å². The number of allylic oxidation sites excluding steroid dienone is 1. The zero-order valence-electron chi connectivity index (χ0n) is 14.5. The highest BCUT2D eigenvalue weighted by molar-refractivity contribution is 6.02. The van der Waals surface area contributed by atoms with Gasteiger partial charge in [0.05, 0.1) is 5.56 Å². The lowest BCUT2D eigenvalue weighted by Crippen LogP contribution is -2.64. The Bertz CT molecular complexity index is 911. The van der Waals surface area contributed by atoms with E-state index in [9.17, 15) is 71.4 Å². The Balaban J connectivity index is 2.73. The lowest BCUT2D eigenvalue weighted by Gasteiger charge is -2.37. The molecule has 0 aromatic heterocycles. The van der Waals surface area contributed by atoms with Crippen molar-refractivity contribution in [1.82, 2.24) is 0 Å². The molecule has 1 fully saturated rings. The van der Waals surface area contributed by atoms with E-state index in [1.165, 1.54) is 0 Å². The van der Waals surface area contributed by atoms with Gasteiger partial charge in [-0.2, -0.15) is 61.5 Å². The van der Waals surface area contributed by atoms with Gasteiger partial charge in [0.15, 0.2) is 5.78 Å². The SMILES string of the molecule is O=C(/C=C(\[O-])c1ccc(C(F)(F)F)cc1)C1(C(F)(F)F)C(F)(F)C(F)(F)C(F)(F)C1(F)F. The third kappa shape index (κ3) is 2.89. The lowest BCUT2D eigenvalue weighted by molar-refractivity contribution is -0.341. The van der Waals surface area contributed by atoms with Crippen LogP contribution in [0.3, 0.4) is 0 Å². The van der Waals surface area contributed by atoms with Crippen LogP contribution in [0.1, 0.15) is 11.1 Å². The standard InChI is InChI=1S/C16H6F14O2/c17-11(18,19)7-3-1-6(2-4-7)8(31)5-9(32)10(16(28,29)30)12(20,21)14(24,25)15(26,27)13(10,22)23/h1-5,31H/p-1/b8-5-. The fraction of sp³-hybridized carbons (Fsp3) is 0.438. The summed E-state index contributed by atoms with van der Waals surface area (Å²) in [7, 11) is 0. The smallest absolute Gasteiger partial charge is 0.416 e. The molecule has 1 aliphatic carbocycles. The fourth-order valence-corrected chi connectivity index (χ4v) is 3.00. The summed E-state index contributed by atoms with van der Waals surface area (Å²) in [5.74, 6) is -35.7. The number of hydrogen-bond acceptors (Lipinski definition) is 2. The Morgan fingerprint density at radius 2 is 1.09 bits per heavy atom. The molecule has 180 valence electrons. The number of hydrogen-bond donors (Lipinski definition) is 0. The van der Waals surface area contributed by atoms with Crippen molar-refractivity contribution in [3.63, 3.8) is 0 Å². The van der Waals surface area contributed by atoms with Gasteiger partial charge >= 0.3 is 36.0 Å². The summed E-state index contributed by atoms with van der Waals surface area (Å²) < 4.78 is 186. The van der Waals surface area contributed by atoms with Crippen LogP contribution in [0.4, 0.5) is 61.5 Å². The monoisotopic (exact) mass is 495 g/mol.